The molecule has 3 rings (SSSR count). The second-order valence-corrected chi connectivity index (χ2v) is 4.52. The molecule has 3 aromatic rings. The fourth-order valence-electron chi connectivity index (χ4n) is 2.09. The van der Waals surface area contributed by atoms with Crippen LogP contribution in [0.2, 0.25) is 0 Å². The highest BCUT2D eigenvalue weighted by atomic mass is 19.1. The number of aromatic nitrogens is 2. The standard InChI is InChI=1S/C15H12FN3O2/c1-21-13-4-2-9(6-11(13)16)12-7-15(20)19-8-10(17)3-5-14(19)18-12/h2-8H,17H2,1H3. The third kappa shape index (κ3) is 2.31. The van der Waals surface area contributed by atoms with Crippen molar-refractivity contribution >= 4 is 11.3 Å². The first-order chi connectivity index (χ1) is 10.1. The SMILES string of the molecule is COc1ccc(-c2cc(=O)n3cc(N)ccc3n2)cc1F. The van der Waals surface area contributed by atoms with Gasteiger partial charge in [0.2, 0.25) is 0 Å². The number of nitrogens with zero attached hydrogens (tertiary/aromatic N) is 2. The number of ether oxygens (including phenoxy) is 1. The van der Waals surface area contributed by atoms with Gasteiger partial charge in [0.05, 0.1) is 12.8 Å². The van der Waals surface area contributed by atoms with E-state index >= 15 is 0 Å². The fourth-order valence-corrected chi connectivity index (χ4v) is 2.09. The molecule has 0 saturated heterocycles. The Balaban J connectivity index is 2.19. The van der Waals surface area contributed by atoms with Crippen molar-refractivity contribution in [3.63, 3.8) is 0 Å². The van der Waals surface area contributed by atoms with Crippen LogP contribution in [0.4, 0.5) is 10.1 Å². The zero-order chi connectivity index (χ0) is 15.0. The van der Waals surface area contributed by atoms with E-state index in [2.05, 4.69) is 4.98 Å². The minimum atomic E-state index is -0.505. The summed E-state index contributed by atoms with van der Waals surface area (Å²) in [7, 11) is 1.39. The molecule has 0 spiro atoms. The predicted molar refractivity (Wildman–Crippen MR) is 77.8 cm³/mol. The molecule has 0 aliphatic rings. The molecule has 0 saturated carbocycles. The van der Waals surface area contributed by atoms with Crippen molar-refractivity contribution in [3.8, 4) is 17.0 Å². The average molecular weight is 285 g/mol. The number of anilines is 1. The molecule has 0 unspecified atom stereocenters. The zero-order valence-electron chi connectivity index (χ0n) is 11.2. The first-order valence-corrected chi connectivity index (χ1v) is 6.21. The van der Waals surface area contributed by atoms with Crippen molar-refractivity contribution in [2.75, 3.05) is 12.8 Å². The van der Waals surface area contributed by atoms with Crippen molar-refractivity contribution < 1.29 is 9.13 Å². The highest BCUT2D eigenvalue weighted by Gasteiger charge is 2.09. The lowest BCUT2D eigenvalue weighted by atomic mass is 10.1. The van der Waals surface area contributed by atoms with E-state index in [4.69, 9.17) is 10.5 Å². The molecule has 2 aromatic heterocycles. The van der Waals surface area contributed by atoms with Gasteiger partial charge in [0.15, 0.2) is 11.6 Å². The topological polar surface area (TPSA) is 69.6 Å². The van der Waals surface area contributed by atoms with Gasteiger partial charge in [-0.1, -0.05) is 0 Å². The van der Waals surface area contributed by atoms with E-state index in [1.165, 1.54) is 35.9 Å². The molecule has 5 nitrogen and oxygen atoms in total. The molecule has 21 heavy (non-hydrogen) atoms. The second-order valence-electron chi connectivity index (χ2n) is 4.52. The number of nitrogens with two attached hydrogens (primary N) is 1. The Morgan fingerprint density at radius 3 is 2.76 bits per heavy atom. The normalized spacial score (nSPS) is 10.8. The molecule has 0 radical (unpaired) electrons. The summed E-state index contributed by atoms with van der Waals surface area (Å²) in [6, 6.07) is 9.07. The van der Waals surface area contributed by atoms with E-state index in [0.29, 0.717) is 22.6 Å². The highest BCUT2D eigenvalue weighted by molar-refractivity contribution is 5.63. The van der Waals surface area contributed by atoms with Crippen LogP contribution in [0.25, 0.3) is 16.9 Å². The molecule has 1 aromatic carbocycles. The van der Waals surface area contributed by atoms with Crippen molar-refractivity contribution in [2.24, 2.45) is 0 Å². The largest absolute Gasteiger partial charge is 0.494 e. The maximum atomic E-state index is 13.8. The maximum Gasteiger partial charge on any atom is 0.258 e. The second kappa shape index (κ2) is 4.90. The highest BCUT2D eigenvalue weighted by Crippen LogP contribution is 2.24. The first-order valence-electron chi connectivity index (χ1n) is 6.21. The molecular formula is C15H12FN3O2. The van der Waals surface area contributed by atoms with Crippen LogP contribution in [0.3, 0.4) is 0 Å². The summed E-state index contributed by atoms with van der Waals surface area (Å²) in [6.07, 6.45) is 1.50. The van der Waals surface area contributed by atoms with Gasteiger partial charge in [-0.3, -0.25) is 9.20 Å². The Bertz CT molecular complexity index is 890. The lowest BCUT2D eigenvalue weighted by Gasteiger charge is -2.07. The van der Waals surface area contributed by atoms with E-state index in [1.54, 1.807) is 18.2 Å². The van der Waals surface area contributed by atoms with Crippen LogP contribution >= 0.6 is 0 Å². The van der Waals surface area contributed by atoms with E-state index in [1.807, 2.05) is 0 Å². The number of rotatable bonds is 2. The quantitative estimate of drug-likeness (QED) is 0.782. The van der Waals surface area contributed by atoms with Gasteiger partial charge in [0.1, 0.15) is 5.65 Å². The molecule has 0 aliphatic carbocycles. The zero-order valence-corrected chi connectivity index (χ0v) is 11.2. The smallest absolute Gasteiger partial charge is 0.258 e. The molecule has 0 atom stereocenters. The number of halogens is 1. The minimum absolute atomic E-state index is 0.143. The van der Waals surface area contributed by atoms with Gasteiger partial charge in [-0.25, -0.2) is 9.37 Å². The number of pyridine rings is 1. The number of hydrogen-bond donors (Lipinski definition) is 1. The summed E-state index contributed by atoms with van der Waals surface area (Å²) in [5.41, 5.74) is 7.18. The fraction of sp³-hybridized carbons (Fsp3) is 0.0667. The molecular weight excluding hydrogens is 273 g/mol. The van der Waals surface area contributed by atoms with Crippen LogP contribution in [-0.2, 0) is 0 Å². The van der Waals surface area contributed by atoms with Gasteiger partial charge in [0, 0.05) is 23.5 Å². The Morgan fingerprint density at radius 2 is 2.05 bits per heavy atom. The lowest BCUT2D eigenvalue weighted by molar-refractivity contribution is 0.386. The van der Waals surface area contributed by atoms with E-state index in [0.717, 1.165) is 0 Å². The van der Waals surface area contributed by atoms with Crippen molar-refractivity contribution in [2.45, 2.75) is 0 Å². The Morgan fingerprint density at radius 1 is 1.24 bits per heavy atom. The molecule has 2 heterocycles. The average Bonchev–Trinajstić information content (AvgIpc) is 2.47. The number of hydrogen-bond acceptors (Lipinski definition) is 4. The monoisotopic (exact) mass is 285 g/mol. The molecule has 0 amide bonds. The summed E-state index contributed by atoms with van der Waals surface area (Å²) in [6.45, 7) is 0. The van der Waals surface area contributed by atoms with Gasteiger partial charge in [-0.15, -0.1) is 0 Å². The van der Waals surface area contributed by atoms with Gasteiger partial charge in [0.25, 0.3) is 5.56 Å². The third-order valence-corrected chi connectivity index (χ3v) is 3.13. The van der Waals surface area contributed by atoms with Crippen molar-refractivity contribution in [1.82, 2.24) is 9.38 Å². The van der Waals surface area contributed by atoms with Crippen LogP contribution in [0.1, 0.15) is 0 Å². The molecule has 0 aliphatic heterocycles. The summed E-state index contributed by atoms with van der Waals surface area (Å²) < 4.78 is 20.0. The third-order valence-electron chi connectivity index (χ3n) is 3.13. The molecule has 6 heteroatoms. The summed E-state index contributed by atoms with van der Waals surface area (Å²) >= 11 is 0. The minimum Gasteiger partial charge on any atom is -0.494 e. The Labute approximate surface area is 119 Å². The van der Waals surface area contributed by atoms with Gasteiger partial charge in [-0.05, 0) is 30.3 Å². The number of methoxy groups -OCH3 is 1. The van der Waals surface area contributed by atoms with Crippen LogP contribution in [0.5, 0.6) is 5.75 Å². The van der Waals surface area contributed by atoms with E-state index < -0.39 is 5.82 Å². The first kappa shape index (κ1) is 13.1. The molecule has 106 valence electrons. The van der Waals surface area contributed by atoms with Crippen molar-refractivity contribution in [1.29, 1.82) is 0 Å². The van der Waals surface area contributed by atoms with Crippen molar-refractivity contribution in [3.05, 3.63) is 58.8 Å². The van der Waals surface area contributed by atoms with E-state index in [9.17, 15) is 9.18 Å². The molecule has 2 N–H and O–H groups in total. The van der Waals surface area contributed by atoms with Gasteiger partial charge in [-0.2, -0.15) is 0 Å². The predicted octanol–water partition coefficient (Wildman–Crippen LogP) is 2.09. The van der Waals surface area contributed by atoms with Gasteiger partial charge >= 0.3 is 0 Å². The number of benzene rings is 1. The molecule has 0 bridgehead atoms. The maximum absolute atomic E-state index is 13.8. The van der Waals surface area contributed by atoms with Crippen LogP contribution in [0.15, 0.2) is 47.4 Å². The van der Waals surface area contributed by atoms with E-state index in [-0.39, 0.29) is 11.3 Å². The number of nitrogen functional groups attached to an aromatic ring is 1. The lowest BCUT2D eigenvalue weighted by Crippen LogP contribution is -2.14. The van der Waals surface area contributed by atoms with Crippen LogP contribution in [0, 0.1) is 5.82 Å². The summed E-state index contributed by atoms with van der Waals surface area (Å²) in [5.74, 6) is -0.363. The molecule has 0 fully saturated rings. The number of fused-ring (bicyclic) bond motifs is 1. The summed E-state index contributed by atoms with van der Waals surface area (Å²) in [5, 5.41) is 0. The summed E-state index contributed by atoms with van der Waals surface area (Å²) in [4.78, 5) is 16.4. The van der Waals surface area contributed by atoms with Gasteiger partial charge < -0.3 is 10.5 Å². The van der Waals surface area contributed by atoms with Crippen LogP contribution < -0.4 is 16.0 Å². The Kier molecular flexibility index (Phi) is 3.06. The van der Waals surface area contributed by atoms with Crippen LogP contribution in [-0.4, -0.2) is 16.5 Å². The Hall–Kier alpha value is -2.89.